The van der Waals surface area contributed by atoms with Gasteiger partial charge in [-0.25, -0.2) is 4.79 Å². The second-order valence-corrected chi connectivity index (χ2v) is 4.13. The highest BCUT2D eigenvalue weighted by atomic mass is 16.4. The van der Waals surface area contributed by atoms with Crippen LogP contribution in [0.15, 0.2) is 24.3 Å². The Hall–Kier alpha value is -2.04. The molecule has 0 heterocycles. The smallest absolute Gasteiger partial charge is 0.335 e. The van der Waals surface area contributed by atoms with E-state index in [0.717, 1.165) is 5.69 Å². The standard InChI is InChI=1S/C13H17NO4/c1-3-14(8-9(2)12(15)16)11-6-4-5-10(7-11)13(17)18/h4-7,9H,3,8H2,1-2H3,(H,15,16)(H,17,18). The van der Waals surface area contributed by atoms with E-state index in [1.54, 1.807) is 25.1 Å². The summed E-state index contributed by atoms with van der Waals surface area (Å²) in [7, 11) is 0. The van der Waals surface area contributed by atoms with Crippen LogP contribution in [0.3, 0.4) is 0 Å². The highest BCUT2D eigenvalue weighted by molar-refractivity contribution is 5.88. The highest BCUT2D eigenvalue weighted by Gasteiger charge is 2.16. The van der Waals surface area contributed by atoms with Gasteiger partial charge < -0.3 is 15.1 Å². The molecule has 0 aliphatic heterocycles. The molecule has 0 amide bonds. The first-order chi connectivity index (χ1) is 8.45. The first-order valence-corrected chi connectivity index (χ1v) is 5.76. The Balaban J connectivity index is 2.91. The number of carboxylic acid groups (broad SMARTS) is 2. The average Bonchev–Trinajstić information content (AvgIpc) is 2.35. The fourth-order valence-corrected chi connectivity index (χ4v) is 1.66. The lowest BCUT2D eigenvalue weighted by atomic mass is 10.1. The first kappa shape index (κ1) is 14.0. The molecule has 0 saturated carbocycles. The third-order valence-corrected chi connectivity index (χ3v) is 2.76. The Morgan fingerprint density at radius 3 is 2.50 bits per heavy atom. The van der Waals surface area contributed by atoms with Crippen LogP contribution in [0, 0.1) is 5.92 Å². The predicted octanol–water partition coefficient (Wildman–Crippen LogP) is 1.93. The summed E-state index contributed by atoms with van der Waals surface area (Å²) in [4.78, 5) is 23.6. The number of hydrogen-bond donors (Lipinski definition) is 2. The van der Waals surface area contributed by atoms with Gasteiger partial charge in [0.05, 0.1) is 11.5 Å². The van der Waals surface area contributed by atoms with Crippen LogP contribution in [0.4, 0.5) is 5.69 Å². The number of rotatable bonds is 6. The zero-order valence-electron chi connectivity index (χ0n) is 10.5. The van der Waals surface area contributed by atoms with Gasteiger partial charge in [0.1, 0.15) is 0 Å². The molecule has 5 heteroatoms. The zero-order chi connectivity index (χ0) is 13.7. The third kappa shape index (κ3) is 3.48. The van der Waals surface area contributed by atoms with E-state index in [1.165, 1.54) is 6.07 Å². The van der Waals surface area contributed by atoms with E-state index in [4.69, 9.17) is 10.2 Å². The number of aromatic carboxylic acids is 1. The quantitative estimate of drug-likeness (QED) is 0.807. The average molecular weight is 251 g/mol. The monoisotopic (exact) mass is 251 g/mol. The zero-order valence-corrected chi connectivity index (χ0v) is 10.5. The van der Waals surface area contributed by atoms with Gasteiger partial charge in [-0.1, -0.05) is 13.0 Å². The van der Waals surface area contributed by atoms with Crippen molar-refractivity contribution < 1.29 is 19.8 Å². The van der Waals surface area contributed by atoms with Gasteiger partial charge in [0.2, 0.25) is 0 Å². The summed E-state index contributed by atoms with van der Waals surface area (Å²) in [6.07, 6.45) is 0. The summed E-state index contributed by atoms with van der Waals surface area (Å²) in [5, 5.41) is 17.8. The van der Waals surface area contributed by atoms with E-state index in [1.807, 2.05) is 11.8 Å². The van der Waals surface area contributed by atoms with E-state index in [-0.39, 0.29) is 5.56 Å². The lowest BCUT2D eigenvalue weighted by Gasteiger charge is -2.25. The number of carboxylic acids is 2. The van der Waals surface area contributed by atoms with Gasteiger partial charge in [0.25, 0.3) is 0 Å². The maximum Gasteiger partial charge on any atom is 0.335 e. The van der Waals surface area contributed by atoms with Crippen molar-refractivity contribution >= 4 is 17.6 Å². The van der Waals surface area contributed by atoms with Gasteiger partial charge in [-0.15, -0.1) is 0 Å². The minimum atomic E-state index is -0.987. The molecule has 5 nitrogen and oxygen atoms in total. The van der Waals surface area contributed by atoms with Crippen LogP contribution < -0.4 is 4.90 Å². The maximum absolute atomic E-state index is 10.9. The van der Waals surface area contributed by atoms with Crippen molar-refractivity contribution in [1.29, 1.82) is 0 Å². The summed E-state index contributed by atoms with van der Waals surface area (Å²) in [6.45, 7) is 4.52. The normalized spacial score (nSPS) is 11.9. The van der Waals surface area contributed by atoms with Gasteiger partial charge in [-0.2, -0.15) is 0 Å². The number of benzene rings is 1. The molecule has 0 radical (unpaired) electrons. The second kappa shape index (κ2) is 6.05. The molecule has 0 aromatic heterocycles. The van der Waals surface area contributed by atoms with Crippen LogP contribution in [0.5, 0.6) is 0 Å². The molecule has 0 spiro atoms. The molecule has 0 saturated heterocycles. The summed E-state index contributed by atoms with van der Waals surface area (Å²) in [5.41, 5.74) is 0.930. The molecule has 0 fully saturated rings. The summed E-state index contributed by atoms with van der Waals surface area (Å²) in [5.74, 6) is -2.35. The maximum atomic E-state index is 10.9. The minimum Gasteiger partial charge on any atom is -0.481 e. The van der Waals surface area contributed by atoms with E-state index in [2.05, 4.69) is 0 Å². The molecular formula is C13H17NO4. The lowest BCUT2D eigenvalue weighted by Crippen LogP contribution is -2.31. The Labute approximate surface area is 106 Å². The molecule has 1 rings (SSSR count). The van der Waals surface area contributed by atoms with Crippen molar-refractivity contribution in [2.75, 3.05) is 18.0 Å². The van der Waals surface area contributed by atoms with Crippen LogP contribution in [0.2, 0.25) is 0 Å². The van der Waals surface area contributed by atoms with Crippen molar-refractivity contribution in [3.63, 3.8) is 0 Å². The van der Waals surface area contributed by atoms with Crippen molar-refractivity contribution in [3.05, 3.63) is 29.8 Å². The predicted molar refractivity (Wildman–Crippen MR) is 68.1 cm³/mol. The molecule has 1 unspecified atom stereocenters. The summed E-state index contributed by atoms with van der Waals surface area (Å²) in [6, 6.07) is 6.51. The second-order valence-electron chi connectivity index (χ2n) is 4.13. The molecule has 0 aliphatic rings. The topological polar surface area (TPSA) is 77.8 Å². The van der Waals surface area contributed by atoms with Crippen LogP contribution in [-0.2, 0) is 4.79 Å². The summed E-state index contributed by atoms with van der Waals surface area (Å²) < 4.78 is 0. The number of nitrogens with zero attached hydrogens (tertiary/aromatic N) is 1. The Morgan fingerprint density at radius 2 is 2.00 bits per heavy atom. The van der Waals surface area contributed by atoms with Crippen LogP contribution in [-0.4, -0.2) is 35.2 Å². The van der Waals surface area contributed by atoms with Crippen LogP contribution >= 0.6 is 0 Å². The van der Waals surface area contributed by atoms with E-state index in [9.17, 15) is 9.59 Å². The van der Waals surface area contributed by atoms with Crippen LogP contribution in [0.1, 0.15) is 24.2 Å². The van der Waals surface area contributed by atoms with Crippen molar-refractivity contribution in [1.82, 2.24) is 0 Å². The molecular weight excluding hydrogens is 234 g/mol. The molecule has 1 atom stereocenters. The molecule has 1 aromatic rings. The van der Waals surface area contributed by atoms with Crippen molar-refractivity contribution in [3.8, 4) is 0 Å². The van der Waals surface area contributed by atoms with Crippen molar-refractivity contribution in [2.45, 2.75) is 13.8 Å². The fraction of sp³-hybridized carbons (Fsp3) is 0.385. The number of aliphatic carboxylic acids is 1. The molecule has 18 heavy (non-hydrogen) atoms. The van der Waals surface area contributed by atoms with E-state index in [0.29, 0.717) is 13.1 Å². The number of anilines is 1. The SMILES string of the molecule is CCN(CC(C)C(=O)O)c1cccc(C(=O)O)c1. The van der Waals surface area contributed by atoms with E-state index >= 15 is 0 Å². The van der Waals surface area contributed by atoms with Gasteiger partial charge >= 0.3 is 11.9 Å². The van der Waals surface area contributed by atoms with Gasteiger partial charge in [-0.3, -0.25) is 4.79 Å². The van der Waals surface area contributed by atoms with Gasteiger partial charge in [-0.05, 0) is 25.1 Å². The van der Waals surface area contributed by atoms with Crippen molar-refractivity contribution in [2.24, 2.45) is 5.92 Å². The third-order valence-electron chi connectivity index (χ3n) is 2.76. The Morgan fingerprint density at radius 1 is 1.33 bits per heavy atom. The fourth-order valence-electron chi connectivity index (χ4n) is 1.66. The molecule has 0 aliphatic carbocycles. The molecule has 1 aromatic carbocycles. The van der Waals surface area contributed by atoms with Gasteiger partial charge in [0, 0.05) is 18.8 Å². The number of carbonyl (C=O) groups is 2. The largest absolute Gasteiger partial charge is 0.481 e. The minimum absolute atomic E-state index is 0.203. The highest BCUT2D eigenvalue weighted by Crippen LogP contribution is 2.17. The van der Waals surface area contributed by atoms with Crippen LogP contribution in [0.25, 0.3) is 0 Å². The molecule has 0 bridgehead atoms. The Bertz CT molecular complexity index is 444. The van der Waals surface area contributed by atoms with E-state index < -0.39 is 17.9 Å². The summed E-state index contributed by atoms with van der Waals surface area (Å²) >= 11 is 0. The molecule has 2 N–H and O–H groups in total. The Kier molecular flexibility index (Phi) is 4.71. The first-order valence-electron chi connectivity index (χ1n) is 5.76. The van der Waals surface area contributed by atoms with Gasteiger partial charge in [0.15, 0.2) is 0 Å². The molecule has 98 valence electrons. The number of hydrogen-bond acceptors (Lipinski definition) is 3. The lowest BCUT2D eigenvalue weighted by molar-refractivity contribution is -0.140.